The van der Waals surface area contributed by atoms with Gasteiger partial charge < -0.3 is 10.1 Å². The van der Waals surface area contributed by atoms with Crippen LogP contribution in [0.25, 0.3) is 4.96 Å². The van der Waals surface area contributed by atoms with E-state index in [0.29, 0.717) is 17.6 Å². The lowest BCUT2D eigenvalue weighted by molar-refractivity contribution is 0.395. The van der Waals surface area contributed by atoms with Crippen molar-refractivity contribution in [3.63, 3.8) is 0 Å². The minimum absolute atomic E-state index is 0.124. The summed E-state index contributed by atoms with van der Waals surface area (Å²) in [5.41, 5.74) is 0.541. The maximum Gasteiger partial charge on any atom is 0.238 e. The molecule has 0 aliphatic heterocycles. The fourth-order valence-corrected chi connectivity index (χ4v) is 2.70. The summed E-state index contributed by atoms with van der Waals surface area (Å²) in [6.45, 7) is 0.156. The molecule has 0 bridgehead atoms. The highest BCUT2D eigenvalue weighted by molar-refractivity contribution is 7.15. The van der Waals surface area contributed by atoms with Crippen LogP contribution in [-0.2, 0) is 6.54 Å². The Kier molecular flexibility index (Phi) is 3.46. The van der Waals surface area contributed by atoms with Crippen LogP contribution in [0.1, 0.15) is 5.69 Å². The van der Waals surface area contributed by atoms with Crippen molar-refractivity contribution in [1.82, 2.24) is 9.38 Å². The first-order valence-electron chi connectivity index (χ1n) is 5.97. The number of nitrogens with zero attached hydrogens (tertiary/aromatic N) is 2. The highest BCUT2D eigenvalue weighted by atomic mass is 32.1. The SMILES string of the molecule is COc1nc2sccn2c1CNc1cc(F)c(F)cc1F. The second kappa shape index (κ2) is 5.28. The van der Waals surface area contributed by atoms with E-state index in [1.54, 1.807) is 10.6 Å². The fourth-order valence-electron chi connectivity index (χ4n) is 1.97. The summed E-state index contributed by atoms with van der Waals surface area (Å²) in [5, 5.41) is 4.57. The zero-order valence-corrected chi connectivity index (χ0v) is 11.7. The number of thiazole rings is 1. The molecule has 110 valence electrons. The molecule has 2 heterocycles. The van der Waals surface area contributed by atoms with Crippen molar-refractivity contribution >= 4 is 22.0 Å². The van der Waals surface area contributed by atoms with Crippen LogP contribution in [0, 0.1) is 17.5 Å². The molecular weight excluding hydrogens is 303 g/mol. The molecule has 3 aromatic rings. The Balaban J connectivity index is 1.89. The van der Waals surface area contributed by atoms with Crippen molar-refractivity contribution in [3.05, 3.63) is 46.9 Å². The highest BCUT2D eigenvalue weighted by Gasteiger charge is 2.15. The molecule has 0 fully saturated rings. The molecule has 0 amide bonds. The summed E-state index contributed by atoms with van der Waals surface area (Å²) in [6, 6.07) is 1.29. The fraction of sp³-hybridized carbons (Fsp3) is 0.154. The van der Waals surface area contributed by atoms with Gasteiger partial charge in [0.25, 0.3) is 0 Å². The largest absolute Gasteiger partial charge is 0.480 e. The number of halogens is 3. The molecule has 3 rings (SSSR count). The van der Waals surface area contributed by atoms with Gasteiger partial charge in [0.1, 0.15) is 11.5 Å². The predicted octanol–water partition coefficient (Wildman–Crippen LogP) is 3.43. The van der Waals surface area contributed by atoms with Crippen LogP contribution in [0.15, 0.2) is 23.7 Å². The average Bonchev–Trinajstić information content (AvgIpc) is 3.02. The Hall–Kier alpha value is -2.22. The van der Waals surface area contributed by atoms with Gasteiger partial charge in [0.2, 0.25) is 5.88 Å². The number of hydrogen-bond acceptors (Lipinski definition) is 4. The first kappa shape index (κ1) is 13.7. The molecule has 2 aromatic heterocycles. The molecule has 0 atom stereocenters. The number of fused-ring (bicyclic) bond motifs is 1. The lowest BCUT2D eigenvalue weighted by atomic mass is 10.2. The van der Waals surface area contributed by atoms with Crippen molar-refractivity contribution in [3.8, 4) is 5.88 Å². The molecule has 1 N–H and O–H groups in total. The second-order valence-electron chi connectivity index (χ2n) is 4.22. The van der Waals surface area contributed by atoms with Gasteiger partial charge in [-0.05, 0) is 0 Å². The van der Waals surface area contributed by atoms with Crippen molar-refractivity contribution < 1.29 is 17.9 Å². The monoisotopic (exact) mass is 313 g/mol. The van der Waals surface area contributed by atoms with Gasteiger partial charge in [-0.1, -0.05) is 0 Å². The molecule has 0 unspecified atom stereocenters. The van der Waals surface area contributed by atoms with Crippen LogP contribution >= 0.6 is 11.3 Å². The molecule has 0 radical (unpaired) electrons. The minimum atomic E-state index is -1.22. The number of rotatable bonds is 4. The number of ether oxygens (including phenoxy) is 1. The Morgan fingerprint density at radius 2 is 2.00 bits per heavy atom. The van der Waals surface area contributed by atoms with Gasteiger partial charge in [-0.2, -0.15) is 4.98 Å². The van der Waals surface area contributed by atoms with Gasteiger partial charge >= 0.3 is 0 Å². The van der Waals surface area contributed by atoms with Crippen LogP contribution < -0.4 is 10.1 Å². The van der Waals surface area contributed by atoms with Crippen LogP contribution in [0.4, 0.5) is 18.9 Å². The van der Waals surface area contributed by atoms with Crippen LogP contribution in [0.2, 0.25) is 0 Å². The molecule has 0 spiro atoms. The second-order valence-corrected chi connectivity index (χ2v) is 5.10. The number of anilines is 1. The van der Waals surface area contributed by atoms with Crippen molar-refractivity contribution in [2.45, 2.75) is 6.54 Å². The van der Waals surface area contributed by atoms with E-state index >= 15 is 0 Å². The van der Waals surface area contributed by atoms with Gasteiger partial charge in [-0.25, -0.2) is 13.2 Å². The molecule has 8 heteroatoms. The van der Waals surface area contributed by atoms with Crippen molar-refractivity contribution in [1.29, 1.82) is 0 Å². The van der Waals surface area contributed by atoms with Gasteiger partial charge in [-0.3, -0.25) is 4.40 Å². The predicted molar refractivity (Wildman–Crippen MR) is 73.3 cm³/mol. The average molecular weight is 313 g/mol. The van der Waals surface area contributed by atoms with E-state index in [4.69, 9.17) is 4.74 Å². The maximum absolute atomic E-state index is 13.6. The summed E-state index contributed by atoms with van der Waals surface area (Å²) in [6.07, 6.45) is 1.80. The van der Waals surface area contributed by atoms with E-state index in [9.17, 15) is 13.2 Å². The molecule has 0 saturated heterocycles. The third-order valence-corrected chi connectivity index (χ3v) is 3.73. The van der Waals surface area contributed by atoms with Crippen LogP contribution in [0.3, 0.4) is 0 Å². The van der Waals surface area contributed by atoms with E-state index in [-0.39, 0.29) is 12.2 Å². The molecule has 0 aliphatic carbocycles. The molecule has 4 nitrogen and oxygen atoms in total. The summed E-state index contributed by atoms with van der Waals surface area (Å²) in [4.78, 5) is 4.98. The van der Waals surface area contributed by atoms with E-state index in [1.807, 2.05) is 5.38 Å². The number of hydrogen-bond donors (Lipinski definition) is 1. The summed E-state index contributed by atoms with van der Waals surface area (Å²) < 4.78 is 46.6. The lowest BCUT2D eigenvalue weighted by Gasteiger charge is -2.08. The summed E-state index contributed by atoms with van der Waals surface area (Å²) >= 11 is 1.43. The smallest absolute Gasteiger partial charge is 0.238 e. The first-order valence-corrected chi connectivity index (χ1v) is 6.85. The molecule has 0 saturated carbocycles. The van der Waals surface area contributed by atoms with Gasteiger partial charge in [0.05, 0.1) is 19.3 Å². The van der Waals surface area contributed by atoms with E-state index in [0.717, 1.165) is 11.0 Å². The van der Waals surface area contributed by atoms with Crippen LogP contribution in [-0.4, -0.2) is 16.5 Å². The van der Waals surface area contributed by atoms with E-state index < -0.39 is 17.5 Å². The zero-order valence-electron chi connectivity index (χ0n) is 10.9. The first-order chi connectivity index (χ1) is 10.1. The highest BCUT2D eigenvalue weighted by Crippen LogP contribution is 2.25. The Morgan fingerprint density at radius 1 is 1.24 bits per heavy atom. The topological polar surface area (TPSA) is 38.6 Å². The summed E-state index contributed by atoms with van der Waals surface area (Å²) in [5.74, 6) is -2.80. The Bertz CT molecular complexity index is 799. The number of nitrogens with one attached hydrogen (secondary N) is 1. The lowest BCUT2D eigenvalue weighted by Crippen LogP contribution is -2.06. The molecule has 1 aromatic carbocycles. The van der Waals surface area contributed by atoms with Gasteiger partial charge in [0, 0.05) is 23.7 Å². The quantitative estimate of drug-likeness (QED) is 0.750. The summed E-state index contributed by atoms with van der Waals surface area (Å²) in [7, 11) is 1.48. The van der Waals surface area contributed by atoms with Crippen molar-refractivity contribution in [2.75, 3.05) is 12.4 Å². The van der Waals surface area contributed by atoms with Crippen LogP contribution in [0.5, 0.6) is 5.88 Å². The minimum Gasteiger partial charge on any atom is -0.480 e. The van der Waals surface area contributed by atoms with E-state index in [2.05, 4.69) is 10.3 Å². The Labute approximate surface area is 121 Å². The molecule has 21 heavy (non-hydrogen) atoms. The van der Waals surface area contributed by atoms with E-state index in [1.165, 1.54) is 18.4 Å². The van der Waals surface area contributed by atoms with Gasteiger partial charge in [0.15, 0.2) is 16.6 Å². The third-order valence-electron chi connectivity index (χ3n) is 2.97. The number of methoxy groups -OCH3 is 1. The number of benzene rings is 1. The number of imidazole rings is 1. The zero-order chi connectivity index (χ0) is 15.0. The van der Waals surface area contributed by atoms with Crippen molar-refractivity contribution in [2.24, 2.45) is 0 Å². The molecular formula is C13H10F3N3OS. The van der Waals surface area contributed by atoms with Gasteiger partial charge in [-0.15, -0.1) is 11.3 Å². The molecule has 0 aliphatic rings. The standard InChI is InChI=1S/C13H10F3N3OS/c1-20-12-11(19-2-3-21-13(19)18-12)6-17-10-5-8(15)7(14)4-9(10)16/h2-5,17H,6H2,1H3. The number of aromatic nitrogens is 2. The normalized spacial score (nSPS) is 11.0. The Morgan fingerprint density at radius 3 is 2.76 bits per heavy atom. The maximum atomic E-state index is 13.6. The third kappa shape index (κ3) is 2.42.